The smallest absolute Gasteiger partial charge is 0.235 e. The summed E-state index contributed by atoms with van der Waals surface area (Å²) < 4.78 is 12.2. The van der Waals surface area contributed by atoms with Crippen molar-refractivity contribution in [3.05, 3.63) is 73.5 Å². The van der Waals surface area contributed by atoms with Gasteiger partial charge in [0, 0.05) is 9.65 Å². The van der Waals surface area contributed by atoms with Gasteiger partial charge in [-0.25, -0.2) is 0 Å². The maximum absolute atomic E-state index is 10.3. The zero-order chi connectivity index (χ0) is 15.9. The molecule has 2 aromatic rings. The highest BCUT2D eigenvalue weighted by atomic mass is 127. The second-order valence-electron chi connectivity index (χ2n) is 4.43. The van der Waals surface area contributed by atoms with Crippen molar-refractivity contribution in [1.29, 1.82) is 0 Å². The number of hydrogen-bond acceptors (Lipinski definition) is 4. The van der Waals surface area contributed by atoms with Crippen LogP contribution in [-0.4, -0.2) is 12.0 Å². The van der Waals surface area contributed by atoms with Crippen LogP contribution in [0.25, 0.3) is 6.08 Å². The zero-order valence-electron chi connectivity index (χ0n) is 11.9. The van der Waals surface area contributed by atoms with E-state index in [0.29, 0.717) is 23.7 Å². The summed E-state index contributed by atoms with van der Waals surface area (Å²) in [4.78, 5) is 9.83. The molecule has 0 heterocycles. The van der Waals surface area contributed by atoms with Gasteiger partial charge in [-0.05, 0) is 58.0 Å². The Balaban J connectivity index is 2.10. The van der Waals surface area contributed by atoms with Crippen LogP contribution in [0.2, 0.25) is 0 Å². The summed E-state index contributed by atoms with van der Waals surface area (Å²) in [6.45, 7) is 0.428. The standard InChI is InChI=1S/C16H14INO4/c1-21-16-10-12(8-9-18(19)20)4-7-15(16)22-11-13-2-5-14(17)6-3-13/h2-10H,11H2,1H3/b9-8+. The maximum Gasteiger partial charge on any atom is 0.235 e. The first kappa shape index (κ1) is 16.3. The Morgan fingerprint density at radius 2 is 1.91 bits per heavy atom. The molecular weight excluding hydrogens is 397 g/mol. The predicted octanol–water partition coefficient (Wildman–Crippen LogP) is 4.13. The molecular formula is C16H14INO4. The minimum Gasteiger partial charge on any atom is -0.493 e. The summed E-state index contributed by atoms with van der Waals surface area (Å²) in [6, 6.07) is 13.2. The van der Waals surface area contributed by atoms with Crippen LogP contribution >= 0.6 is 22.6 Å². The molecule has 0 atom stereocenters. The van der Waals surface area contributed by atoms with E-state index >= 15 is 0 Å². The van der Waals surface area contributed by atoms with E-state index in [0.717, 1.165) is 11.8 Å². The SMILES string of the molecule is COc1cc(/C=C/[N+](=O)[O-])ccc1OCc1ccc(I)cc1. The first-order chi connectivity index (χ1) is 10.6. The second kappa shape index (κ2) is 7.79. The van der Waals surface area contributed by atoms with Gasteiger partial charge in [-0.2, -0.15) is 0 Å². The average Bonchev–Trinajstić information content (AvgIpc) is 2.52. The number of nitro groups is 1. The molecule has 0 aromatic heterocycles. The largest absolute Gasteiger partial charge is 0.493 e. The maximum atomic E-state index is 10.3. The molecule has 0 N–H and O–H groups in total. The Morgan fingerprint density at radius 1 is 1.18 bits per heavy atom. The van der Waals surface area contributed by atoms with Gasteiger partial charge >= 0.3 is 0 Å². The van der Waals surface area contributed by atoms with Crippen molar-refractivity contribution in [2.75, 3.05) is 7.11 Å². The van der Waals surface area contributed by atoms with Gasteiger partial charge in [0.15, 0.2) is 11.5 Å². The molecule has 0 fully saturated rings. The van der Waals surface area contributed by atoms with Crippen LogP contribution in [0.1, 0.15) is 11.1 Å². The number of hydrogen-bond donors (Lipinski definition) is 0. The van der Waals surface area contributed by atoms with Crippen LogP contribution in [0.3, 0.4) is 0 Å². The van der Waals surface area contributed by atoms with Gasteiger partial charge in [0.25, 0.3) is 0 Å². The Kier molecular flexibility index (Phi) is 5.76. The highest BCUT2D eigenvalue weighted by Gasteiger charge is 2.06. The topological polar surface area (TPSA) is 61.6 Å². The van der Waals surface area contributed by atoms with Crippen LogP contribution in [0.4, 0.5) is 0 Å². The fraction of sp³-hybridized carbons (Fsp3) is 0.125. The number of rotatable bonds is 6. The molecule has 0 saturated carbocycles. The molecule has 0 aliphatic rings. The fourth-order valence-corrected chi connectivity index (χ4v) is 2.16. The highest BCUT2D eigenvalue weighted by molar-refractivity contribution is 14.1. The van der Waals surface area contributed by atoms with Gasteiger partial charge < -0.3 is 9.47 Å². The average molecular weight is 411 g/mol. The van der Waals surface area contributed by atoms with Gasteiger partial charge in [-0.15, -0.1) is 0 Å². The second-order valence-corrected chi connectivity index (χ2v) is 5.67. The molecule has 2 rings (SSSR count). The molecule has 5 nitrogen and oxygen atoms in total. The van der Waals surface area contributed by atoms with Crippen LogP contribution < -0.4 is 9.47 Å². The fourth-order valence-electron chi connectivity index (χ4n) is 1.80. The van der Waals surface area contributed by atoms with E-state index in [1.807, 2.05) is 24.3 Å². The summed E-state index contributed by atoms with van der Waals surface area (Å²) in [5.41, 5.74) is 1.73. The molecule has 22 heavy (non-hydrogen) atoms. The lowest BCUT2D eigenvalue weighted by atomic mass is 10.2. The monoisotopic (exact) mass is 411 g/mol. The number of halogens is 1. The number of methoxy groups -OCH3 is 1. The van der Waals surface area contributed by atoms with E-state index in [1.54, 1.807) is 18.2 Å². The molecule has 0 aliphatic carbocycles. The van der Waals surface area contributed by atoms with Gasteiger partial charge in [0.2, 0.25) is 6.20 Å². The molecule has 0 unspecified atom stereocenters. The summed E-state index contributed by atoms with van der Waals surface area (Å²) in [5.74, 6) is 1.13. The van der Waals surface area contributed by atoms with E-state index in [2.05, 4.69) is 22.6 Å². The van der Waals surface area contributed by atoms with Gasteiger partial charge in [-0.3, -0.25) is 10.1 Å². The summed E-state index contributed by atoms with van der Waals surface area (Å²) in [5, 5.41) is 10.3. The molecule has 0 radical (unpaired) electrons. The van der Waals surface area contributed by atoms with Gasteiger partial charge in [0.1, 0.15) is 6.61 Å². The van der Waals surface area contributed by atoms with Crippen molar-refractivity contribution in [2.24, 2.45) is 0 Å². The van der Waals surface area contributed by atoms with E-state index in [4.69, 9.17) is 9.47 Å². The molecule has 114 valence electrons. The van der Waals surface area contributed by atoms with E-state index in [-0.39, 0.29) is 0 Å². The summed E-state index contributed by atoms with van der Waals surface area (Å²) in [7, 11) is 1.54. The number of ether oxygens (including phenoxy) is 2. The van der Waals surface area contributed by atoms with Gasteiger partial charge in [0.05, 0.1) is 12.0 Å². The Morgan fingerprint density at radius 3 is 2.55 bits per heavy atom. The quantitative estimate of drug-likeness (QED) is 0.408. The van der Waals surface area contributed by atoms with Crippen LogP contribution in [0, 0.1) is 13.7 Å². The molecule has 0 saturated heterocycles. The molecule has 6 heteroatoms. The van der Waals surface area contributed by atoms with Crippen molar-refractivity contribution in [1.82, 2.24) is 0 Å². The van der Waals surface area contributed by atoms with Crippen molar-refractivity contribution in [2.45, 2.75) is 6.61 Å². The minimum absolute atomic E-state index is 0.428. The van der Waals surface area contributed by atoms with Crippen molar-refractivity contribution < 1.29 is 14.4 Å². The summed E-state index contributed by atoms with van der Waals surface area (Å²) in [6.07, 6.45) is 2.30. The lowest BCUT2D eigenvalue weighted by Gasteiger charge is -2.11. The minimum atomic E-state index is -0.506. The normalized spacial score (nSPS) is 10.6. The van der Waals surface area contributed by atoms with E-state index in [9.17, 15) is 10.1 Å². The first-order valence-electron chi connectivity index (χ1n) is 6.45. The van der Waals surface area contributed by atoms with Gasteiger partial charge in [-0.1, -0.05) is 18.2 Å². The number of benzene rings is 2. The van der Waals surface area contributed by atoms with Crippen LogP contribution in [0.15, 0.2) is 48.7 Å². The molecule has 2 aromatic carbocycles. The molecule has 0 aliphatic heterocycles. The third-order valence-corrected chi connectivity index (χ3v) is 3.60. The lowest BCUT2D eigenvalue weighted by molar-refractivity contribution is -0.400. The Hall–Kier alpha value is -2.09. The predicted molar refractivity (Wildman–Crippen MR) is 92.5 cm³/mol. The molecule has 0 spiro atoms. The molecule has 0 amide bonds. The lowest BCUT2D eigenvalue weighted by Crippen LogP contribution is -1.98. The van der Waals surface area contributed by atoms with Crippen LogP contribution in [-0.2, 0) is 6.61 Å². The summed E-state index contributed by atoms with van der Waals surface area (Å²) >= 11 is 2.25. The molecule has 0 bridgehead atoms. The van der Waals surface area contributed by atoms with E-state index < -0.39 is 4.92 Å². The van der Waals surface area contributed by atoms with Crippen molar-refractivity contribution in [3.63, 3.8) is 0 Å². The third kappa shape index (κ3) is 4.73. The first-order valence-corrected chi connectivity index (χ1v) is 7.53. The highest BCUT2D eigenvalue weighted by Crippen LogP contribution is 2.29. The zero-order valence-corrected chi connectivity index (χ0v) is 14.0. The third-order valence-electron chi connectivity index (χ3n) is 2.88. The van der Waals surface area contributed by atoms with Crippen molar-refractivity contribution in [3.8, 4) is 11.5 Å². The van der Waals surface area contributed by atoms with Crippen molar-refractivity contribution >= 4 is 28.7 Å². The van der Waals surface area contributed by atoms with E-state index in [1.165, 1.54) is 16.8 Å². The Bertz CT molecular complexity index is 683. The number of nitrogens with zero attached hydrogens (tertiary/aromatic N) is 1. The Labute approximate surface area is 141 Å². The van der Waals surface area contributed by atoms with Crippen LogP contribution in [0.5, 0.6) is 11.5 Å².